The van der Waals surface area contributed by atoms with E-state index in [0.717, 1.165) is 0 Å². The smallest absolute Gasteiger partial charge is 0.480 e. The van der Waals surface area contributed by atoms with E-state index in [0.29, 0.717) is 30.7 Å². The first-order valence-electron chi connectivity index (χ1n) is 13.2. The van der Waals surface area contributed by atoms with Crippen molar-refractivity contribution in [3.05, 3.63) is 23.8 Å². The number of carbonyl (C=O) groups is 4. The lowest BCUT2D eigenvalue weighted by atomic mass is 9.87. The van der Waals surface area contributed by atoms with Gasteiger partial charge in [-0.05, 0) is 56.2 Å². The van der Waals surface area contributed by atoms with Crippen molar-refractivity contribution in [1.82, 2.24) is 0 Å². The van der Waals surface area contributed by atoms with Crippen LogP contribution in [-0.4, -0.2) is 47.9 Å². The minimum atomic E-state index is -1.36. The number of carboxylic acids is 1. The third-order valence-corrected chi connectivity index (χ3v) is 6.36. The minimum Gasteiger partial charge on any atom is -0.480 e. The molecule has 214 valence electrons. The molecule has 0 saturated carbocycles. The Morgan fingerprint density at radius 3 is 1.95 bits per heavy atom. The number of benzene rings is 1. The van der Waals surface area contributed by atoms with Gasteiger partial charge >= 0.3 is 24.1 Å². The normalized spacial score (nSPS) is 15.1. The molecule has 0 saturated heterocycles. The van der Waals surface area contributed by atoms with Crippen molar-refractivity contribution in [2.24, 2.45) is 23.5 Å². The van der Waals surface area contributed by atoms with Gasteiger partial charge in [0.15, 0.2) is 11.5 Å². The van der Waals surface area contributed by atoms with Crippen molar-refractivity contribution in [1.29, 1.82) is 0 Å². The quantitative estimate of drug-likeness (QED) is 0.229. The van der Waals surface area contributed by atoms with E-state index in [1.807, 2.05) is 27.7 Å². The van der Waals surface area contributed by atoms with Crippen molar-refractivity contribution >= 4 is 24.1 Å². The minimum absolute atomic E-state index is 0.0197. The molecule has 0 heterocycles. The Kier molecular flexibility index (Phi) is 13.8. The summed E-state index contributed by atoms with van der Waals surface area (Å²) in [4.78, 5) is 48.9. The summed E-state index contributed by atoms with van der Waals surface area (Å²) < 4.78 is 21.4. The van der Waals surface area contributed by atoms with E-state index in [1.54, 1.807) is 26.8 Å². The molecule has 10 heteroatoms. The predicted octanol–water partition coefficient (Wildman–Crippen LogP) is 5.06. The lowest BCUT2D eigenvalue weighted by Gasteiger charge is -2.25. The van der Waals surface area contributed by atoms with Crippen molar-refractivity contribution in [3.63, 3.8) is 0 Å². The molecule has 3 N–H and O–H groups in total. The summed E-state index contributed by atoms with van der Waals surface area (Å²) in [6.45, 7) is 12.9. The van der Waals surface area contributed by atoms with E-state index < -0.39 is 48.0 Å². The van der Waals surface area contributed by atoms with Gasteiger partial charge in [0.2, 0.25) is 0 Å². The highest BCUT2D eigenvalue weighted by Gasteiger charge is 2.31. The average Bonchev–Trinajstić information content (AvgIpc) is 2.86. The van der Waals surface area contributed by atoms with Crippen LogP contribution in [0.15, 0.2) is 18.2 Å². The molecular weight excluding hydrogens is 494 g/mol. The first-order chi connectivity index (χ1) is 17.8. The standard InChI is InChI=1S/C28H43NO9/c1-8-17(5)26(32)37-22-11-10-20(15-23(22)38-27(33)18(6)9-2)21(24(29)25(30)31)14-19(7)36-28(34)35-13-12-16(3)4/h10-11,15-19,21,24H,8-9,12-14,29H2,1-7H3,(H,30,31)/t17?,18?,19?,21?,24-/m0/s1. The second kappa shape index (κ2) is 16.0. The topological polar surface area (TPSA) is 151 Å². The molecule has 0 aliphatic carbocycles. The summed E-state index contributed by atoms with van der Waals surface area (Å²) in [5.74, 6) is -3.51. The molecule has 1 aromatic carbocycles. The van der Waals surface area contributed by atoms with Crippen molar-refractivity contribution in [2.45, 2.75) is 92.2 Å². The third-order valence-electron chi connectivity index (χ3n) is 6.36. The van der Waals surface area contributed by atoms with E-state index in [4.69, 9.17) is 24.7 Å². The summed E-state index contributed by atoms with van der Waals surface area (Å²) in [6.07, 6.45) is 0.253. The number of carboxylic acid groups (broad SMARTS) is 1. The maximum absolute atomic E-state index is 12.6. The number of nitrogens with two attached hydrogens (primary N) is 1. The molecule has 0 spiro atoms. The van der Waals surface area contributed by atoms with Gasteiger partial charge in [-0.25, -0.2) is 4.79 Å². The second-order valence-electron chi connectivity index (χ2n) is 10.1. The molecule has 0 bridgehead atoms. The predicted molar refractivity (Wildman–Crippen MR) is 141 cm³/mol. The average molecular weight is 538 g/mol. The molecule has 0 aromatic heterocycles. The van der Waals surface area contributed by atoms with Gasteiger partial charge in [0.25, 0.3) is 0 Å². The van der Waals surface area contributed by atoms with Gasteiger partial charge in [0, 0.05) is 5.92 Å². The van der Waals surface area contributed by atoms with Crippen molar-refractivity contribution in [3.8, 4) is 11.5 Å². The highest BCUT2D eigenvalue weighted by atomic mass is 16.7. The molecule has 5 atom stereocenters. The van der Waals surface area contributed by atoms with Crippen LogP contribution >= 0.6 is 0 Å². The zero-order valence-corrected chi connectivity index (χ0v) is 23.5. The van der Waals surface area contributed by atoms with Crippen LogP contribution in [0, 0.1) is 17.8 Å². The maximum Gasteiger partial charge on any atom is 0.508 e. The number of hydrogen-bond acceptors (Lipinski definition) is 9. The number of esters is 2. The Morgan fingerprint density at radius 2 is 1.45 bits per heavy atom. The van der Waals surface area contributed by atoms with Gasteiger partial charge in [-0.3, -0.25) is 14.4 Å². The van der Waals surface area contributed by atoms with E-state index >= 15 is 0 Å². The summed E-state index contributed by atoms with van der Waals surface area (Å²) in [7, 11) is 0. The third kappa shape index (κ3) is 10.7. The Labute approximate surface area is 225 Å². The molecule has 0 aliphatic rings. The van der Waals surface area contributed by atoms with Crippen molar-refractivity contribution < 1.29 is 43.2 Å². The van der Waals surface area contributed by atoms with Gasteiger partial charge < -0.3 is 29.8 Å². The van der Waals surface area contributed by atoms with E-state index in [-0.39, 0.29) is 30.4 Å². The monoisotopic (exact) mass is 537 g/mol. The lowest BCUT2D eigenvalue weighted by Crippen LogP contribution is -2.38. The van der Waals surface area contributed by atoms with Crippen LogP contribution in [0.5, 0.6) is 11.5 Å². The molecular formula is C28H43NO9. The largest absolute Gasteiger partial charge is 0.508 e. The van der Waals surface area contributed by atoms with Crippen LogP contribution in [0.3, 0.4) is 0 Å². The summed E-state index contributed by atoms with van der Waals surface area (Å²) >= 11 is 0. The number of aliphatic carboxylic acids is 1. The van der Waals surface area contributed by atoms with Crippen LogP contribution in [-0.2, 0) is 23.9 Å². The fourth-order valence-corrected chi connectivity index (χ4v) is 3.31. The zero-order valence-electron chi connectivity index (χ0n) is 23.5. The fraction of sp³-hybridized carbons (Fsp3) is 0.643. The molecule has 10 nitrogen and oxygen atoms in total. The Balaban J connectivity index is 3.27. The number of ether oxygens (including phenoxy) is 4. The van der Waals surface area contributed by atoms with E-state index in [1.165, 1.54) is 12.1 Å². The molecule has 1 rings (SSSR count). The number of rotatable bonds is 15. The molecule has 0 amide bonds. The molecule has 0 aliphatic heterocycles. The first-order valence-corrected chi connectivity index (χ1v) is 13.2. The van der Waals surface area contributed by atoms with E-state index in [9.17, 15) is 24.3 Å². The van der Waals surface area contributed by atoms with Gasteiger partial charge in [0.05, 0.1) is 18.4 Å². The molecule has 0 fully saturated rings. The molecule has 4 unspecified atom stereocenters. The highest BCUT2D eigenvalue weighted by Crippen LogP contribution is 2.35. The van der Waals surface area contributed by atoms with Gasteiger partial charge in [-0.2, -0.15) is 0 Å². The van der Waals surface area contributed by atoms with Crippen LogP contribution in [0.25, 0.3) is 0 Å². The van der Waals surface area contributed by atoms with Crippen LogP contribution in [0.2, 0.25) is 0 Å². The van der Waals surface area contributed by atoms with Crippen LogP contribution in [0.4, 0.5) is 4.79 Å². The van der Waals surface area contributed by atoms with Gasteiger partial charge in [-0.15, -0.1) is 0 Å². The Morgan fingerprint density at radius 1 is 0.895 bits per heavy atom. The second-order valence-corrected chi connectivity index (χ2v) is 10.1. The highest BCUT2D eigenvalue weighted by molar-refractivity contribution is 5.79. The van der Waals surface area contributed by atoms with Crippen molar-refractivity contribution in [2.75, 3.05) is 6.61 Å². The summed E-state index contributed by atoms with van der Waals surface area (Å²) in [5, 5.41) is 9.65. The molecule has 0 radical (unpaired) electrons. The zero-order chi connectivity index (χ0) is 29.0. The summed E-state index contributed by atoms with van der Waals surface area (Å²) in [6, 6.07) is 3.09. The number of carbonyl (C=O) groups excluding carboxylic acids is 3. The maximum atomic E-state index is 12.6. The molecule has 1 aromatic rings. The Bertz CT molecular complexity index is 946. The van der Waals surface area contributed by atoms with Crippen LogP contribution in [0.1, 0.15) is 85.6 Å². The first kappa shape index (κ1) is 32.9. The lowest BCUT2D eigenvalue weighted by molar-refractivity contribution is -0.141. The molecule has 38 heavy (non-hydrogen) atoms. The fourth-order valence-electron chi connectivity index (χ4n) is 3.31. The Hall–Kier alpha value is -3.14. The van der Waals surface area contributed by atoms with Crippen LogP contribution < -0.4 is 15.2 Å². The SMILES string of the molecule is CCC(C)C(=O)Oc1ccc(C(CC(C)OC(=O)OCCC(C)C)[C@H](N)C(=O)O)cc1OC(=O)C(C)CC. The summed E-state index contributed by atoms with van der Waals surface area (Å²) in [5.41, 5.74) is 6.43. The van der Waals surface area contributed by atoms with E-state index in [2.05, 4.69) is 0 Å². The number of hydrogen-bond donors (Lipinski definition) is 2. The van der Waals surface area contributed by atoms with Gasteiger partial charge in [-0.1, -0.05) is 47.6 Å². The van der Waals surface area contributed by atoms with Gasteiger partial charge in [0.1, 0.15) is 12.1 Å².